The SMILES string of the molecule is NS(=O)(=O)CC1CC(=O)N(C(CO)(CO)CO)C1. The number of sulfonamides is 1. The van der Waals surface area contributed by atoms with Crippen molar-refractivity contribution in [2.45, 2.75) is 12.0 Å². The van der Waals surface area contributed by atoms with Gasteiger partial charge in [-0.05, 0) is 0 Å². The minimum atomic E-state index is -3.69. The monoisotopic (exact) mass is 282 g/mol. The lowest BCUT2D eigenvalue weighted by atomic mass is 10.0. The van der Waals surface area contributed by atoms with E-state index in [0.717, 1.165) is 4.90 Å². The molecule has 9 heteroatoms. The van der Waals surface area contributed by atoms with Crippen LogP contribution in [0.15, 0.2) is 0 Å². The molecular formula is C9H18N2O6S. The molecule has 1 saturated heterocycles. The number of hydrogen-bond acceptors (Lipinski definition) is 6. The summed E-state index contributed by atoms with van der Waals surface area (Å²) in [5, 5.41) is 32.6. The summed E-state index contributed by atoms with van der Waals surface area (Å²) in [4.78, 5) is 12.9. The van der Waals surface area contributed by atoms with E-state index in [9.17, 15) is 28.5 Å². The van der Waals surface area contributed by atoms with Crippen molar-refractivity contribution in [2.75, 3.05) is 32.1 Å². The van der Waals surface area contributed by atoms with E-state index in [1.54, 1.807) is 0 Å². The number of amides is 1. The zero-order valence-corrected chi connectivity index (χ0v) is 10.6. The smallest absolute Gasteiger partial charge is 0.223 e. The molecule has 1 aliphatic heterocycles. The topological polar surface area (TPSA) is 141 Å². The quantitative estimate of drug-likeness (QED) is 0.405. The molecule has 0 bridgehead atoms. The van der Waals surface area contributed by atoms with Crippen LogP contribution in [0.3, 0.4) is 0 Å². The molecule has 0 spiro atoms. The van der Waals surface area contributed by atoms with Crippen LogP contribution in [0.2, 0.25) is 0 Å². The Morgan fingerprint density at radius 3 is 2.17 bits per heavy atom. The molecular weight excluding hydrogens is 264 g/mol. The Balaban J connectivity index is 2.84. The van der Waals surface area contributed by atoms with Gasteiger partial charge >= 0.3 is 0 Å². The van der Waals surface area contributed by atoms with Gasteiger partial charge in [-0.2, -0.15) is 0 Å². The zero-order chi connectivity index (χ0) is 14.0. The van der Waals surface area contributed by atoms with Crippen molar-refractivity contribution in [1.82, 2.24) is 4.90 Å². The van der Waals surface area contributed by atoms with E-state index in [4.69, 9.17) is 5.14 Å². The van der Waals surface area contributed by atoms with E-state index in [2.05, 4.69) is 0 Å². The molecule has 1 aliphatic rings. The molecule has 5 N–H and O–H groups in total. The molecule has 1 rings (SSSR count). The van der Waals surface area contributed by atoms with Crippen molar-refractivity contribution >= 4 is 15.9 Å². The summed E-state index contributed by atoms with van der Waals surface area (Å²) >= 11 is 0. The van der Waals surface area contributed by atoms with E-state index in [-0.39, 0.29) is 18.7 Å². The number of rotatable bonds is 6. The van der Waals surface area contributed by atoms with E-state index < -0.39 is 47.2 Å². The Bertz CT molecular complexity index is 397. The third-order valence-corrected chi connectivity index (χ3v) is 4.06. The maximum Gasteiger partial charge on any atom is 0.223 e. The van der Waals surface area contributed by atoms with Crippen molar-refractivity contribution in [2.24, 2.45) is 11.1 Å². The first-order valence-corrected chi connectivity index (χ1v) is 7.13. The van der Waals surface area contributed by atoms with E-state index in [1.165, 1.54) is 0 Å². The Hall–Kier alpha value is -0.740. The largest absolute Gasteiger partial charge is 0.394 e. The molecule has 0 radical (unpaired) electrons. The second-order valence-electron chi connectivity index (χ2n) is 4.60. The minimum Gasteiger partial charge on any atom is -0.394 e. The second kappa shape index (κ2) is 5.49. The Kier molecular flexibility index (Phi) is 4.67. The number of aliphatic hydroxyl groups is 3. The fraction of sp³-hybridized carbons (Fsp3) is 0.889. The molecule has 1 fully saturated rings. The van der Waals surface area contributed by atoms with Crippen molar-refractivity contribution in [3.8, 4) is 0 Å². The average Bonchev–Trinajstić information content (AvgIpc) is 2.61. The van der Waals surface area contributed by atoms with Crippen molar-refractivity contribution in [1.29, 1.82) is 0 Å². The first-order chi connectivity index (χ1) is 8.28. The molecule has 1 unspecified atom stereocenters. The normalized spacial score (nSPS) is 21.7. The predicted molar refractivity (Wildman–Crippen MR) is 61.8 cm³/mol. The zero-order valence-electron chi connectivity index (χ0n) is 9.82. The molecule has 0 saturated carbocycles. The molecule has 1 heterocycles. The fourth-order valence-electron chi connectivity index (χ4n) is 2.09. The predicted octanol–water partition coefficient (Wildman–Crippen LogP) is -3.16. The number of primary sulfonamides is 1. The summed E-state index contributed by atoms with van der Waals surface area (Å²) in [5.41, 5.74) is -1.45. The van der Waals surface area contributed by atoms with E-state index in [1.807, 2.05) is 0 Å². The number of carbonyl (C=O) groups is 1. The number of likely N-dealkylation sites (tertiary alicyclic amines) is 1. The molecule has 1 atom stereocenters. The Labute approximate surface area is 105 Å². The van der Waals surface area contributed by atoms with Crippen LogP contribution in [-0.4, -0.2) is 72.2 Å². The van der Waals surface area contributed by atoms with Gasteiger partial charge in [0.2, 0.25) is 15.9 Å². The standard InChI is InChI=1S/C9H18N2O6S/c10-18(16,17)3-7-1-8(15)11(2-7)9(4-12,5-13)6-14/h7,12-14H,1-6H2,(H2,10,16,17). The highest BCUT2D eigenvalue weighted by Gasteiger charge is 2.44. The van der Waals surface area contributed by atoms with Crippen LogP contribution >= 0.6 is 0 Å². The summed E-state index contributed by atoms with van der Waals surface area (Å²) in [6.45, 7) is -1.77. The number of hydrogen-bond donors (Lipinski definition) is 4. The molecule has 8 nitrogen and oxygen atoms in total. The summed E-state index contributed by atoms with van der Waals surface area (Å²) in [7, 11) is -3.69. The minimum absolute atomic E-state index is 0.0296. The van der Waals surface area contributed by atoms with Gasteiger partial charge in [-0.25, -0.2) is 13.6 Å². The number of carbonyl (C=O) groups excluding carboxylic acids is 1. The van der Waals surface area contributed by atoms with Crippen LogP contribution in [-0.2, 0) is 14.8 Å². The lowest BCUT2D eigenvalue weighted by Gasteiger charge is -2.37. The van der Waals surface area contributed by atoms with Gasteiger partial charge in [-0.1, -0.05) is 0 Å². The molecule has 0 aromatic rings. The average molecular weight is 282 g/mol. The summed E-state index contributed by atoms with van der Waals surface area (Å²) in [6.07, 6.45) is -0.0296. The molecule has 1 amide bonds. The Morgan fingerprint density at radius 2 is 1.78 bits per heavy atom. The van der Waals surface area contributed by atoms with Gasteiger partial charge in [0.05, 0.1) is 25.6 Å². The van der Waals surface area contributed by atoms with Crippen molar-refractivity contribution in [3.05, 3.63) is 0 Å². The molecule has 0 aromatic carbocycles. The fourth-order valence-corrected chi connectivity index (χ4v) is 2.97. The van der Waals surface area contributed by atoms with Crippen LogP contribution in [0.1, 0.15) is 6.42 Å². The summed E-state index contributed by atoms with van der Waals surface area (Å²) < 4.78 is 21.9. The first-order valence-electron chi connectivity index (χ1n) is 5.41. The molecule has 106 valence electrons. The van der Waals surface area contributed by atoms with Gasteiger partial charge in [-0.3, -0.25) is 4.79 Å². The third kappa shape index (κ3) is 3.18. The molecule has 0 aromatic heterocycles. The van der Waals surface area contributed by atoms with Gasteiger partial charge in [0, 0.05) is 18.9 Å². The van der Waals surface area contributed by atoms with E-state index in [0.29, 0.717) is 0 Å². The van der Waals surface area contributed by atoms with Gasteiger partial charge in [-0.15, -0.1) is 0 Å². The highest BCUT2D eigenvalue weighted by molar-refractivity contribution is 7.89. The highest BCUT2D eigenvalue weighted by Crippen LogP contribution is 2.26. The first kappa shape index (κ1) is 15.3. The lowest BCUT2D eigenvalue weighted by Crippen LogP contribution is -2.57. The van der Waals surface area contributed by atoms with Crippen molar-refractivity contribution < 1.29 is 28.5 Å². The van der Waals surface area contributed by atoms with Gasteiger partial charge in [0.25, 0.3) is 0 Å². The van der Waals surface area contributed by atoms with Crippen LogP contribution in [0, 0.1) is 5.92 Å². The van der Waals surface area contributed by atoms with E-state index >= 15 is 0 Å². The third-order valence-electron chi connectivity index (χ3n) is 3.13. The molecule has 0 aliphatic carbocycles. The van der Waals surface area contributed by atoms with Crippen LogP contribution in [0.25, 0.3) is 0 Å². The lowest BCUT2D eigenvalue weighted by molar-refractivity contribution is -0.140. The van der Waals surface area contributed by atoms with Crippen molar-refractivity contribution in [3.63, 3.8) is 0 Å². The Morgan fingerprint density at radius 1 is 1.28 bits per heavy atom. The second-order valence-corrected chi connectivity index (χ2v) is 6.26. The van der Waals surface area contributed by atoms with Gasteiger partial charge in [0.1, 0.15) is 5.54 Å². The maximum absolute atomic E-state index is 11.8. The number of nitrogens with zero attached hydrogens (tertiary/aromatic N) is 1. The van der Waals surface area contributed by atoms with Crippen LogP contribution in [0.4, 0.5) is 0 Å². The maximum atomic E-state index is 11.8. The summed E-state index contributed by atoms with van der Waals surface area (Å²) in [5.74, 6) is -1.24. The molecule has 18 heavy (non-hydrogen) atoms. The highest BCUT2D eigenvalue weighted by atomic mass is 32.2. The number of nitrogens with two attached hydrogens (primary N) is 1. The van der Waals surface area contributed by atoms with Crippen LogP contribution < -0.4 is 5.14 Å². The van der Waals surface area contributed by atoms with Gasteiger partial charge < -0.3 is 20.2 Å². The van der Waals surface area contributed by atoms with Gasteiger partial charge in [0.15, 0.2) is 0 Å². The summed E-state index contributed by atoms with van der Waals surface area (Å²) in [6, 6.07) is 0. The van der Waals surface area contributed by atoms with Crippen LogP contribution in [0.5, 0.6) is 0 Å². The number of aliphatic hydroxyl groups excluding tert-OH is 3.